The zero-order valence-corrected chi connectivity index (χ0v) is 12.6. The molecule has 6 heteroatoms. The molecular weight excluding hydrogens is 300 g/mol. The van der Waals surface area contributed by atoms with Crippen LogP contribution in [-0.4, -0.2) is 17.8 Å². The summed E-state index contributed by atoms with van der Waals surface area (Å²) >= 11 is 0. The van der Waals surface area contributed by atoms with E-state index in [1.54, 1.807) is 12.1 Å². The molecule has 1 aromatic carbocycles. The van der Waals surface area contributed by atoms with Crippen LogP contribution in [-0.2, 0) is 0 Å². The summed E-state index contributed by atoms with van der Waals surface area (Å²) in [6.45, 7) is -2.86. The molecule has 0 amide bonds. The summed E-state index contributed by atoms with van der Waals surface area (Å²) in [6.07, 6.45) is 4.74. The van der Waals surface area contributed by atoms with Crippen molar-refractivity contribution in [1.82, 2.24) is 0 Å². The van der Waals surface area contributed by atoms with Gasteiger partial charge in [0.1, 0.15) is 5.75 Å². The van der Waals surface area contributed by atoms with E-state index < -0.39 is 18.8 Å². The lowest BCUT2D eigenvalue weighted by Gasteiger charge is -2.30. The molecule has 3 nitrogen and oxygen atoms in total. The Bertz CT molecular complexity index is 428. The van der Waals surface area contributed by atoms with E-state index in [1.807, 2.05) is 0 Å². The second kappa shape index (κ2) is 8.51. The van der Waals surface area contributed by atoms with Crippen LogP contribution in [0.25, 0.3) is 0 Å². The van der Waals surface area contributed by atoms with Crippen LogP contribution in [0, 0.1) is 5.92 Å². The Balaban J connectivity index is 0.00000220. The zero-order valence-electron chi connectivity index (χ0n) is 11.8. The Morgan fingerprint density at radius 1 is 1.19 bits per heavy atom. The van der Waals surface area contributed by atoms with Crippen molar-refractivity contribution in [3.8, 4) is 5.75 Å². The maximum atomic E-state index is 12.2. The maximum absolute atomic E-state index is 12.2. The molecule has 1 aliphatic rings. The third-order valence-corrected chi connectivity index (χ3v) is 3.97. The molecule has 0 radical (unpaired) electrons. The van der Waals surface area contributed by atoms with Crippen molar-refractivity contribution in [1.29, 1.82) is 0 Å². The first-order chi connectivity index (χ1) is 9.58. The minimum atomic E-state index is -2.86. The van der Waals surface area contributed by atoms with Gasteiger partial charge >= 0.3 is 6.61 Å². The molecule has 0 aliphatic heterocycles. The Hall–Kier alpha value is -0.910. The number of rotatable bonds is 5. The average Bonchev–Trinajstić information content (AvgIpc) is 2.46. The van der Waals surface area contributed by atoms with E-state index in [4.69, 9.17) is 5.73 Å². The molecule has 21 heavy (non-hydrogen) atoms. The van der Waals surface area contributed by atoms with E-state index in [9.17, 15) is 13.9 Å². The van der Waals surface area contributed by atoms with Crippen LogP contribution in [0.1, 0.15) is 43.7 Å². The average molecular weight is 322 g/mol. The standard InChI is InChI=1S/C15H21F2NO2.ClH/c16-15(17)20-12-8-4-7-11(9-12)13(18)14(19)10-5-2-1-3-6-10;/h4,7-10,13-15,19H,1-3,5-6,18H2;1H/t13-,14+;/m1./s1. The van der Waals surface area contributed by atoms with Gasteiger partial charge in [0.2, 0.25) is 0 Å². The highest BCUT2D eigenvalue weighted by molar-refractivity contribution is 5.85. The van der Waals surface area contributed by atoms with Crippen LogP contribution in [0.5, 0.6) is 5.75 Å². The van der Waals surface area contributed by atoms with Crippen LogP contribution >= 0.6 is 12.4 Å². The molecule has 1 saturated carbocycles. The van der Waals surface area contributed by atoms with Crippen molar-refractivity contribution < 1.29 is 18.6 Å². The molecule has 1 fully saturated rings. The fraction of sp³-hybridized carbons (Fsp3) is 0.600. The number of hydrogen-bond acceptors (Lipinski definition) is 3. The number of hydrogen-bond donors (Lipinski definition) is 2. The van der Waals surface area contributed by atoms with Crippen molar-refractivity contribution in [3.63, 3.8) is 0 Å². The molecule has 0 heterocycles. The van der Waals surface area contributed by atoms with E-state index in [0.717, 1.165) is 25.7 Å². The van der Waals surface area contributed by atoms with Gasteiger partial charge in [-0.25, -0.2) is 0 Å². The summed E-state index contributed by atoms with van der Waals surface area (Å²) in [6, 6.07) is 5.70. The van der Waals surface area contributed by atoms with E-state index in [-0.39, 0.29) is 24.1 Å². The summed E-state index contributed by atoms with van der Waals surface area (Å²) in [5.74, 6) is 0.266. The van der Waals surface area contributed by atoms with Gasteiger partial charge in [-0.3, -0.25) is 0 Å². The summed E-state index contributed by atoms with van der Waals surface area (Å²) in [5.41, 5.74) is 6.70. The highest BCUT2D eigenvalue weighted by Gasteiger charge is 2.27. The number of nitrogens with two attached hydrogens (primary N) is 1. The van der Waals surface area contributed by atoms with Gasteiger partial charge in [0, 0.05) is 0 Å². The quantitative estimate of drug-likeness (QED) is 0.870. The smallest absolute Gasteiger partial charge is 0.387 e. The first-order valence-electron chi connectivity index (χ1n) is 7.06. The fourth-order valence-corrected chi connectivity index (χ4v) is 2.86. The lowest BCUT2D eigenvalue weighted by Crippen LogP contribution is -2.34. The summed E-state index contributed by atoms with van der Waals surface area (Å²) in [7, 11) is 0. The highest BCUT2D eigenvalue weighted by Crippen LogP contribution is 2.32. The van der Waals surface area contributed by atoms with E-state index in [0.29, 0.717) is 5.56 Å². The maximum Gasteiger partial charge on any atom is 0.387 e. The topological polar surface area (TPSA) is 55.5 Å². The summed E-state index contributed by atoms with van der Waals surface area (Å²) in [5, 5.41) is 10.4. The van der Waals surface area contributed by atoms with Gasteiger partial charge in [0.25, 0.3) is 0 Å². The molecule has 0 unspecified atom stereocenters. The van der Waals surface area contributed by atoms with Crippen LogP contribution in [0.2, 0.25) is 0 Å². The molecule has 0 aromatic heterocycles. The molecule has 0 saturated heterocycles. The van der Waals surface area contributed by atoms with Gasteiger partial charge in [-0.15, -0.1) is 12.4 Å². The molecule has 2 rings (SSSR count). The largest absolute Gasteiger partial charge is 0.435 e. The van der Waals surface area contributed by atoms with Crippen molar-refractivity contribution in [3.05, 3.63) is 29.8 Å². The minimum absolute atomic E-state index is 0. The molecule has 1 aromatic rings. The Kier molecular flexibility index (Phi) is 7.35. The third-order valence-electron chi connectivity index (χ3n) is 3.97. The SMILES string of the molecule is Cl.N[C@H](c1cccc(OC(F)F)c1)[C@@H](O)C1CCCCC1. The lowest BCUT2D eigenvalue weighted by atomic mass is 9.81. The van der Waals surface area contributed by atoms with Crippen molar-refractivity contribution in [2.45, 2.75) is 50.9 Å². The van der Waals surface area contributed by atoms with Gasteiger partial charge in [-0.2, -0.15) is 8.78 Å². The van der Waals surface area contributed by atoms with E-state index in [2.05, 4.69) is 4.74 Å². The number of alkyl halides is 2. The van der Waals surface area contributed by atoms with Gasteiger partial charge < -0.3 is 15.6 Å². The van der Waals surface area contributed by atoms with Crippen molar-refractivity contribution >= 4 is 12.4 Å². The Labute approximate surface area is 129 Å². The minimum Gasteiger partial charge on any atom is -0.435 e. The molecule has 120 valence electrons. The number of benzene rings is 1. The second-order valence-electron chi connectivity index (χ2n) is 5.37. The highest BCUT2D eigenvalue weighted by atomic mass is 35.5. The summed E-state index contributed by atoms with van der Waals surface area (Å²) in [4.78, 5) is 0. The van der Waals surface area contributed by atoms with Crippen LogP contribution in [0.15, 0.2) is 24.3 Å². The van der Waals surface area contributed by atoms with E-state index in [1.165, 1.54) is 18.6 Å². The molecular formula is C15H22ClF2NO2. The molecule has 3 N–H and O–H groups in total. The number of halogens is 3. The molecule has 0 spiro atoms. The molecule has 0 bridgehead atoms. The van der Waals surface area contributed by atoms with Gasteiger partial charge in [-0.05, 0) is 36.5 Å². The van der Waals surface area contributed by atoms with Gasteiger partial charge in [0.15, 0.2) is 0 Å². The molecule has 1 aliphatic carbocycles. The van der Waals surface area contributed by atoms with Crippen LogP contribution in [0.4, 0.5) is 8.78 Å². The normalized spacial score (nSPS) is 18.9. The predicted molar refractivity (Wildman–Crippen MR) is 79.8 cm³/mol. The number of aliphatic hydroxyl groups excluding tert-OH is 1. The van der Waals surface area contributed by atoms with Crippen LogP contribution < -0.4 is 10.5 Å². The van der Waals surface area contributed by atoms with Crippen molar-refractivity contribution in [2.75, 3.05) is 0 Å². The van der Waals surface area contributed by atoms with E-state index >= 15 is 0 Å². The first kappa shape index (κ1) is 18.1. The molecule has 2 atom stereocenters. The Morgan fingerprint density at radius 2 is 1.86 bits per heavy atom. The Morgan fingerprint density at radius 3 is 2.48 bits per heavy atom. The van der Waals surface area contributed by atoms with Crippen molar-refractivity contribution in [2.24, 2.45) is 11.7 Å². The predicted octanol–water partition coefficient (Wildman–Crippen LogP) is 3.65. The lowest BCUT2D eigenvalue weighted by molar-refractivity contribution is -0.0499. The number of aliphatic hydroxyl groups is 1. The second-order valence-corrected chi connectivity index (χ2v) is 5.37. The third kappa shape index (κ3) is 5.09. The summed E-state index contributed by atoms with van der Waals surface area (Å²) < 4.78 is 28.8. The number of ether oxygens (including phenoxy) is 1. The van der Waals surface area contributed by atoms with Crippen LogP contribution in [0.3, 0.4) is 0 Å². The zero-order chi connectivity index (χ0) is 14.5. The fourth-order valence-electron chi connectivity index (χ4n) is 2.86. The first-order valence-corrected chi connectivity index (χ1v) is 7.06. The van der Waals surface area contributed by atoms with Gasteiger partial charge in [-0.1, -0.05) is 31.4 Å². The monoisotopic (exact) mass is 321 g/mol. The van der Waals surface area contributed by atoms with Gasteiger partial charge in [0.05, 0.1) is 12.1 Å².